The van der Waals surface area contributed by atoms with E-state index in [4.69, 9.17) is 10.00 Å². The summed E-state index contributed by atoms with van der Waals surface area (Å²) in [6, 6.07) is 9.48. The largest absolute Gasteiger partial charge is 0.468 e. The smallest absolute Gasteiger partial charge is 0.323 e. The molecule has 1 atom stereocenters. The monoisotopic (exact) mass is 285 g/mol. The molecule has 1 aromatic heterocycles. The number of rotatable bonds is 5. The Morgan fingerprint density at radius 1 is 1.48 bits per heavy atom. The molecule has 0 aliphatic rings. The standard InChI is InChI=1S/C16H19N3O2/c1-16(2,10-17)19-14(15(20)21-3)8-11-9-18-13-7-5-4-6-12(11)13/h4-7,9,14,18-19H,8H2,1-3H3/t14-/m0/s1. The number of esters is 1. The van der Waals surface area contributed by atoms with Crippen molar-refractivity contribution in [2.45, 2.75) is 31.8 Å². The minimum atomic E-state index is -0.801. The van der Waals surface area contributed by atoms with Crippen LogP contribution in [0.4, 0.5) is 0 Å². The molecule has 0 aliphatic heterocycles. The Kier molecular flexibility index (Phi) is 4.29. The summed E-state index contributed by atoms with van der Waals surface area (Å²) >= 11 is 0. The molecule has 0 saturated heterocycles. The molecule has 21 heavy (non-hydrogen) atoms. The maximum Gasteiger partial charge on any atom is 0.323 e. The summed E-state index contributed by atoms with van der Waals surface area (Å²) in [6.45, 7) is 3.47. The van der Waals surface area contributed by atoms with Crippen molar-refractivity contribution in [1.82, 2.24) is 10.3 Å². The van der Waals surface area contributed by atoms with E-state index in [1.807, 2.05) is 30.5 Å². The van der Waals surface area contributed by atoms with Gasteiger partial charge in [-0.25, -0.2) is 0 Å². The first-order valence-corrected chi connectivity index (χ1v) is 6.78. The molecule has 0 unspecified atom stereocenters. The van der Waals surface area contributed by atoms with Gasteiger partial charge in [-0.3, -0.25) is 10.1 Å². The molecule has 1 aromatic carbocycles. The number of carbonyl (C=O) groups excluding carboxylic acids is 1. The molecule has 0 spiro atoms. The molecule has 0 fully saturated rings. The number of aromatic nitrogens is 1. The van der Waals surface area contributed by atoms with Crippen molar-refractivity contribution in [3.63, 3.8) is 0 Å². The van der Waals surface area contributed by atoms with E-state index in [2.05, 4.69) is 16.4 Å². The number of para-hydroxylation sites is 1. The second kappa shape index (κ2) is 5.98. The van der Waals surface area contributed by atoms with Crippen LogP contribution >= 0.6 is 0 Å². The van der Waals surface area contributed by atoms with Gasteiger partial charge in [-0.15, -0.1) is 0 Å². The van der Waals surface area contributed by atoms with E-state index >= 15 is 0 Å². The van der Waals surface area contributed by atoms with E-state index < -0.39 is 11.6 Å². The van der Waals surface area contributed by atoms with E-state index in [9.17, 15) is 4.79 Å². The zero-order valence-corrected chi connectivity index (χ0v) is 12.4. The highest BCUT2D eigenvalue weighted by atomic mass is 16.5. The van der Waals surface area contributed by atoms with Gasteiger partial charge in [-0.05, 0) is 25.5 Å². The molecular formula is C16H19N3O2. The summed E-state index contributed by atoms with van der Waals surface area (Å²) in [6.07, 6.45) is 2.35. The van der Waals surface area contributed by atoms with E-state index in [0.29, 0.717) is 6.42 Å². The fourth-order valence-electron chi connectivity index (χ4n) is 2.32. The van der Waals surface area contributed by atoms with Crippen LogP contribution in [0.3, 0.4) is 0 Å². The number of nitrogens with one attached hydrogen (secondary N) is 2. The summed E-state index contributed by atoms with van der Waals surface area (Å²) in [5, 5.41) is 13.2. The molecule has 1 heterocycles. The maximum absolute atomic E-state index is 12.0. The van der Waals surface area contributed by atoms with Gasteiger partial charge in [0, 0.05) is 23.5 Å². The van der Waals surface area contributed by atoms with Gasteiger partial charge >= 0.3 is 5.97 Å². The molecule has 0 bridgehead atoms. The lowest BCUT2D eigenvalue weighted by molar-refractivity contribution is -0.143. The average Bonchev–Trinajstić information content (AvgIpc) is 2.89. The van der Waals surface area contributed by atoms with E-state index in [-0.39, 0.29) is 5.97 Å². The van der Waals surface area contributed by atoms with Crippen LogP contribution in [-0.4, -0.2) is 29.6 Å². The van der Waals surface area contributed by atoms with Crippen molar-refractivity contribution in [1.29, 1.82) is 5.26 Å². The van der Waals surface area contributed by atoms with E-state index in [1.165, 1.54) is 7.11 Å². The van der Waals surface area contributed by atoms with Gasteiger partial charge in [-0.2, -0.15) is 5.26 Å². The topological polar surface area (TPSA) is 77.9 Å². The number of ether oxygens (including phenoxy) is 1. The number of fused-ring (bicyclic) bond motifs is 1. The predicted molar refractivity (Wildman–Crippen MR) is 80.6 cm³/mol. The normalized spacial score (nSPS) is 12.9. The minimum Gasteiger partial charge on any atom is -0.468 e. The first kappa shape index (κ1) is 15.1. The molecule has 5 nitrogen and oxygen atoms in total. The molecule has 110 valence electrons. The van der Waals surface area contributed by atoms with Crippen LogP contribution in [0.5, 0.6) is 0 Å². The summed E-state index contributed by atoms with van der Waals surface area (Å²) in [7, 11) is 1.35. The number of nitrogens with zero attached hydrogens (tertiary/aromatic N) is 1. The van der Waals surface area contributed by atoms with Gasteiger partial charge < -0.3 is 9.72 Å². The van der Waals surface area contributed by atoms with Gasteiger partial charge in [0.2, 0.25) is 0 Å². The highest BCUT2D eigenvalue weighted by molar-refractivity contribution is 5.84. The lowest BCUT2D eigenvalue weighted by Crippen LogP contribution is -2.50. The summed E-state index contributed by atoms with van der Waals surface area (Å²) in [4.78, 5) is 15.1. The summed E-state index contributed by atoms with van der Waals surface area (Å²) < 4.78 is 4.84. The van der Waals surface area contributed by atoms with E-state index in [1.54, 1.807) is 13.8 Å². The molecule has 2 rings (SSSR count). The number of methoxy groups -OCH3 is 1. The number of H-pyrrole nitrogens is 1. The Hall–Kier alpha value is -2.32. The Labute approximate surface area is 123 Å². The second-order valence-corrected chi connectivity index (χ2v) is 5.52. The van der Waals surface area contributed by atoms with Crippen LogP contribution in [0.1, 0.15) is 19.4 Å². The lowest BCUT2D eigenvalue weighted by Gasteiger charge is -2.24. The van der Waals surface area contributed by atoms with Gasteiger partial charge in [0.25, 0.3) is 0 Å². The molecule has 0 aliphatic carbocycles. The van der Waals surface area contributed by atoms with Crippen molar-refractivity contribution >= 4 is 16.9 Å². The molecule has 2 N–H and O–H groups in total. The molecular weight excluding hydrogens is 266 g/mol. The number of hydrogen-bond donors (Lipinski definition) is 2. The van der Waals surface area contributed by atoms with Crippen molar-refractivity contribution in [2.75, 3.05) is 7.11 Å². The average molecular weight is 285 g/mol. The Morgan fingerprint density at radius 2 is 2.19 bits per heavy atom. The quantitative estimate of drug-likeness (QED) is 0.825. The third kappa shape index (κ3) is 3.41. The third-order valence-electron chi connectivity index (χ3n) is 3.40. The number of nitriles is 1. The third-order valence-corrected chi connectivity index (χ3v) is 3.40. The van der Waals surface area contributed by atoms with Crippen molar-refractivity contribution in [3.05, 3.63) is 36.0 Å². The van der Waals surface area contributed by atoms with Gasteiger partial charge in [0.15, 0.2) is 0 Å². The summed E-state index contributed by atoms with van der Waals surface area (Å²) in [5.74, 6) is -0.372. The highest BCUT2D eigenvalue weighted by Gasteiger charge is 2.28. The number of aromatic amines is 1. The molecule has 0 amide bonds. The molecule has 0 radical (unpaired) electrons. The zero-order chi connectivity index (χ0) is 15.5. The van der Waals surface area contributed by atoms with Crippen molar-refractivity contribution in [2.24, 2.45) is 0 Å². The first-order chi connectivity index (χ1) is 9.96. The van der Waals surface area contributed by atoms with Crippen LogP contribution < -0.4 is 5.32 Å². The first-order valence-electron chi connectivity index (χ1n) is 6.78. The van der Waals surface area contributed by atoms with Crippen molar-refractivity contribution < 1.29 is 9.53 Å². The summed E-state index contributed by atoms with van der Waals surface area (Å²) in [5.41, 5.74) is 1.24. The molecule has 5 heteroatoms. The van der Waals surface area contributed by atoms with Gasteiger partial charge in [0.1, 0.15) is 11.6 Å². The van der Waals surface area contributed by atoms with Crippen LogP contribution in [0, 0.1) is 11.3 Å². The molecule has 2 aromatic rings. The Bertz CT molecular complexity index is 682. The number of benzene rings is 1. The predicted octanol–water partition coefficient (Wildman–Crippen LogP) is 2.14. The fraction of sp³-hybridized carbons (Fsp3) is 0.375. The van der Waals surface area contributed by atoms with Crippen LogP contribution in [-0.2, 0) is 16.0 Å². The van der Waals surface area contributed by atoms with Gasteiger partial charge in [0.05, 0.1) is 13.2 Å². The lowest BCUT2D eigenvalue weighted by atomic mass is 10.0. The van der Waals surface area contributed by atoms with E-state index in [0.717, 1.165) is 16.5 Å². The van der Waals surface area contributed by atoms with Crippen LogP contribution in [0.25, 0.3) is 10.9 Å². The maximum atomic E-state index is 12.0. The van der Waals surface area contributed by atoms with Crippen LogP contribution in [0.2, 0.25) is 0 Å². The van der Waals surface area contributed by atoms with Crippen molar-refractivity contribution in [3.8, 4) is 6.07 Å². The fourth-order valence-corrected chi connectivity index (χ4v) is 2.32. The number of hydrogen-bond acceptors (Lipinski definition) is 4. The minimum absolute atomic E-state index is 0.372. The second-order valence-electron chi connectivity index (χ2n) is 5.52. The van der Waals surface area contributed by atoms with Gasteiger partial charge in [-0.1, -0.05) is 18.2 Å². The SMILES string of the molecule is COC(=O)[C@H](Cc1c[nH]c2ccccc12)NC(C)(C)C#N. The zero-order valence-electron chi connectivity index (χ0n) is 12.4. The Morgan fingerprint density at radius 3 is 2.86 bits per heavy atom. The van der Waals surface area contributed by atoms with Crippen LogP contribution in [0.15, 0.2) is 30.5 Å². The number of carbonyl (C=O) groups is 1. The molecule has 0 saturated carbocycles. The Balaban J connectivity index is 2.27. The highest BCUT2D eigenvalue weighted by Crippen LogP contribution is 2.20.